The summed E-state index contributed by atoms with van der Waals surface area (Å²) in [6, 6.07) is 10.1. The van der Waals surface area contributed by atoms with Gasteiger partial charge in [0.25, 0.3) is 5.91 Å². The van der Waals surface area contributed by atoms with E-state index in [9.17, 15) is 14.0 Å². The van der Waals surface area contributed by atoms with Crippen molar-refractivity contribution in [3.8, 4) is 0 Å². The molecule has 3 heterocycles. The van der Waals surface area contributed by atoms with Crippen LogP contribution in [-0.2, 0) is 14.3 Å². The molecular weight excluding hydrogens is 455 g/mol. The number of rotatable bonds is 8. The molecule has 2 aromatic rings. The highest BCUT2D eigenvalue weighted by molar-refractivity contribution is 7.10. The van der Waals surface area contributed by atoms with Crippen molar-refractivity contribution >= 4 is 28.9 Å². The van der Waals surface area contributed by atoms with Crippen molar-refractivity contribution in [2.75, 3.05) is 45.9 Å². The second-order valence-corrected chi connectivity index (χ2v) is 9.97. The zero-order valence-corrected chi connectivity index (χ0v) is 19.9. The number of hydrogen-bond acceptors (Lipinski definition) is 6. The number of amides is 2. The van der Waals surface area contributed by atoms with E-state index in [1.807, 2.05) is 17.5 Å². The van der Waals surface area contributed by atoms with Gasteiger partial charge in [-0.15, -0.1) is 11.3 Å². The van der Waals surface area contributed by atoms with Crippen molar-refractivity contribution in [2.24, 2.45) is 11.0 Å². The molecule has 5 rings (SSSR count). The summed E-state index contributed by atoms with van der Waals surface area (Å²) >= 11 is 1.55. The molecule has 2 fully saturated rings. The Morgan fingerprint density at radius 3 is 2.65 bits per heavy atom. The molecule has 1 aromatic heterocycles. The monoisotopic (exact) mass is 484 g/mol. The van der Waals surface area contributed by atoms with E-state index < -0.39 is 0 Å². The molecule has 2 amide bonds. The molecule has 0 radical (unpaired) electrons. The molecular formula is C25H29FN4O3S. The number of thiophene rings is 1. The fourth-order valence-corrected chi connectivity index (χ4v) is 5.29. The van der Waals surface area contributed by atoms with Gasteiger partial charge in [-0.1, -0.05) is 24.3 Å². The summed E-state index contributed by atoms with van der Waals surface area (Å²) in [5.41, 5.74) is 0.968. The van der Waals surface area contributed by atoms with Crippen LogP contribution in [0.2, 0.25) is 0 Å². The van der Waals surface area contributed by atoms with Gasteiger partial charge in [0.1, 0.15) is 12.4 Å². The molecule has 9 heteroatoms. The zero-order chi connectivity index (χ0) is 23.5. The molecule has 180 valence electrons. The molecule has 1 aromatic carbocycles. The molecule has 1 atom stereocenters. The highest BCUT2D eigenvalue weighted by Crippen LogP contribution is 2.36. The van der Waals surface area contributed by atoms with Crippen molar-refractivity contribution < 1.29 is 18.7 Å². The molecule has 0 N–H and O–H groups in total. The van der Waals surface area contributed by atoms with E-state index in [0.717, 1.165) is 30.8 Å². The number of ether oxygens (including phenoxy) is 1. The van der Waals surface area contributed by atoms with E-state index in [0.29, 0.717) is 44.0 Å². The van der Waals surface area contributed by atoms with Crippen LogP contribution < -0.4 is 0 Å². The summed E-state index contributed by atoms with van der Waals surface area (Å²) in [4.78, 5) is 31.5. The molecule has 0 spiro atoms. The summed E-state index contributed by atoms with van der Waals surface area (Å²) in [5.74, 6) is -0.509. The number of carbonyl (C=O) groups excluding carboxylic acids is 2. The van der Waals surface area contributed by atoms with Gasteiger partial charge in [0, 0.05) is 49.0 Å². The number of carbonyl (C=O) groups is 2. The van der Waals surface area contributed by atoms with Gasteiger partial charge < -0.3 is 9.64 Å². The lowest BCUT2D eigenvalue weighted by Crippen LogP contribution is -2.47. The Kier molecular flexibility index (Phi) is 7.03. The number of hydrazone groups is 1. The zero-order valence-electron chi connectivity index (χ0n) is 19.1. The summed E-state index contributed by atoms with van der Waals surface area (Å²) in [7, 11) is 0. The van der Waals surface area contributed by atoms with Crippen molar-refractivity contribution in [2.45, 2.75) is 25.3 Å². The van der Waals surface area contributed by atoms with Gasteiger partial charge in [-0.25, -0.2) is 9.40 Å². The summed E-state index contributed by atoms with van der Waals surface area (Å²) in [5, 5.41) is 8.01. The van der Waals surface area contributed by atoms with Gasteiger partial charge in [-0.05, 0) is 30.4 Å². The van der Waals surface area contributed by atoms with Gasteiger partial charge in [0.15, 0.2) is 0 Å². The molecule has 1 aliphatic carbocycles. The van der Waals surface area contributed by atoms with Crippen molar-refractivity contribution in [3.63, 3.8) is 0 Å². The largest absolute Gasteiger partial charge is 0.379 e. The lowest BCUT2D eigenvalue weighted by atomic mass is 10.0. The normalized spacial score (nSPS) is 20.9. The van der Waals surface area contributed by atoms with Crippen molar-refractivity contribution in [3.05, 3.63) is 58.0 Å². The molecule has 2 aliphatic heterocycles. The van der Waals surface area contributed by atoms with E-state index in [1.165, 1.54) is 11.1 Å². The van der Waals surface area contributed by atoms with Crippen LogP contribution in [-0.4, -0.2) is 78.3 Å². The quantitative estimate of drug-likeness (QED) is 0.578. The fraction of sp³-hybridized carbons (Fsp3) is 0.480. The van der Waals surface area contributed by atoms with Gasteiger partial charge >= 0.3 is 0 Å². The second kappa shape index (κ2) is 10.3. The minimum atomic E-state index is -0.350. The van der Waals surface area contributed by atoms with Crippen molar-refractivity contribution in [1.82, 2.24) is 14.8 Å². The van der Waals surface area contributed by atoms with Gasteiger partial charge in [0.05, 0.1) is 25.0 Å². The molecule has 0 bridgehead atoms. The Labute approximate surface area is 202 Å². The molecule has 3 aliphatic rings. The Morgan fingerprint density at radius 2 is 1.94 bits per heavy atom. The van der Waals surface area contributed by atoms with Crippen LogP contribution in [0.25, 0.3) is 0 Å². The SMILES string of the molecule is O=C(C1CC1)N(CCN1CCOCC1)CC(=O)N1N=C(c2ccccc2F)C[C@@H]1c1cccs1. The summed E-state index contributed by atoms with van der Waals surface area (Å²) in [6.45, 7) is 4.26. The molecule has 1 saturated heterocycles. The first-order valence-corrected chi connectivity index (χ1v) is 12.7. The third-order valence-electron chi connectivity index (χ3n) is 6.58. The molecule has 34 heavy (non-hydrogen) atoms. The third-order valence-corrected chi connectivity index (χ3v) is 7.55. The first kappa shape index (κ1) is 23.1. The minimum Gasteiger partial charge on any atom is -0.379 e. The third kappa shape index (κ3) is 5.21. The average molecular weight is 485 g/mol. The van der Waals surface area contributed by atoms with Crippen LogP contribution in [0.4, 0.5) is 4.39 Å². The van der Waals surface area contributed by atoms with E-state index in [2.05, 4.69) is 10.0 Å². The summed E-state index contributed by atoms with van der Waals surface area (Å²) in [6.07, 6.45) is 2.22. The predicted octanol–water partition coefficient (Wildman–Crippen LogP) is 3.14. The van der Waals surface area contributed by atoms with Crippen LogP contribution >= 0.6 is 11.3 Å². The number of benzene rings is 1. The summed E-state index contributed by atoms with van der Waals surface area (Å²) < 4.78 is 19.9. The minimum absolute atomic E-state index is 0.0183. The Hall–Kier alpha value is -2.62. The number of hydrogen-bond donors (Lipinski definition) is 0. The highest BCUT2D eigenvalue weighted by Gasteiger charge is 2.38. The average Bonchev–Trinajstić information content (AvgIpc) is 3.38. The van der Waals surface area contributed by atoms with Crippen LogP contribution in [0, 0.1) is 11.7 Å². The number of morpholine rings is 1. The van der Waals surface area contributed by atoms with E-state index in [-0.39, 0.29) is 36.1 Å². The van der Waals surface area contributed by atoms with E-state index in [1.54, 1.807) is 34.4 Å². The number of nitrogens with zero attached hydrogens (tertiary/aromatic N) is 4. The maximum atomic E-state index is 14.5. The smallest absolute Gasteiger partial charge is 0.262 e. The second-order valence-electron chi connectivity index (χ2n) is 8.99. The maximum absolute atomic E-state index is 14.5. The lowest BCUT2D eigenvalue weighted by molar-refractivity contribution is -0.142. The molecule has 7 nitrogen and oxygen atoms in total. The van der Waals surface area contributed by atoms with Crippen LogP contribution in [0.3, 0.4) is 0 Å². The van der Waals surface area contributed by atoms with Gasteiger partial charge in [-0.2, -0.15) is 5.10 Å². The fourth-order valence-electron chi connectivity index (χ4n) is 4.48. The van der Waals surface area contributed by atoms with Gasteiger partial charge in [0.2, 0.25) is 5.91 Å². The van der Waals surface area contributed by atoms with Crippen LogP contribution in [0.15, 0.2) is 46.9 Å². The molecule has 1 saturated carbocycles. The first-order valence-electron chi connectivity index (χ1n) is 11.9. The maximum Gasteiger partial charge on any atom is 0.262 e. The number of halogens is 1. The first-order chi connectivity index (χ1) is 16.6. The molecule has 0 unspecified atom stereocenters. The Morgan fingerprint density at radius 1 is 1.15 bits per heavy atom. The lowest BCUT2D eigenvalue weighted by Gasteiger charge is -2.31. The van der Waals surface area contributed by atoms with E-state index in [4.69, 9.17) is 4.74 Å². The van der Waals surface area contributed by atoms with Crippen LogP contribution in [0.5, 0.6) is 0 Å². The Bertz CT molecular complexity index is 1050. The van der Waals surface area contributed by atoms with E-state index >= 15 is 0 Å². The predicted molar refractivity (Wildman–Crippen MR) is 128 cm³/mol. The topological polar surface area (TPSA) is 65.5 Å². The van der Waals surface area contributed by atoms with Crippen molar-refractivity contribution in [1.29, 1.82) is 0 Å². The van der Waals surface area contributed by atoms with Crippen LogP contribution in [0.1, 0.15) is 35.7 Å². The Balaban J connectivity index is 1.34. The van der Waals surface area contributed by atoms with Gasteiger partial charge in [-0.3, -0.25) is 14.5 Å². The highest BCUT2D eigenvalue weighted by atomic mass is 32.1. The standard InChI is InChI=1S/C25H29FN4O3S/c26-20-5-2-1-4-19(20)21-16-22(23-6-3-15-34-23)30(27-21)24(31)17-29(25(32)18-7-8-18)10-9-28-11-13-33-14-12-28/h1-6,15,18,22H,7-14,16-17H2/t22-/m1/s1.